The van der Waals surface area contributed by atoms with E-state index in [1.54, 1.807) is 0 Å². The van der Waals surface area contributed by atoms with Gasteiger partial charge in [0.05, 0.1) is 0 Å². The smallest absolute Gasteiger partial charge is 0.138 e. The lowest BCUT2D eigenvalue weighted by molar-refractivity contribution is 0.384. The predicted molar refractivity (Wildman–Crippen MR) is 110 cm³/mol. The lowest BCUT2D eigenvalue weighted by atomic mass is 10.0. The summed E-state index contributed by atoms with van der Waals surface area (Å²) in [7, 11) is 2.23. The summed E-state index contributed by atoms with van der Waals surface area (Å²) in [5.74, 6) is 2.59. The molecule has 3 heterocycles. The van der Waals surface area contributed by atoms with Crippen LogP contribution < -0.4 is 0 Å². The highest BCUT2D eigenvalue weighted by Gasteiger charge is 2.19. The number of H-pyrrole nitrogens is 1. The fraction of sp³-hybridized carbons (Fsp3) is 0.350. The molecule has 0 bridgehead atoms. The van der Waals surface area contributed by atoms with Crippen molar-refractivity contribution in [3.8, 4) is 11.1 Å². The minimum absolute atomic E-state index is 0.702. The van der Waals surface area contributed by atoms with Crippen LogP contribution in [0.25, 0.3) is 22.2 Å². The maximum absolute atomic E-state index is 4.43. The predicted octanol–water partition coefficient (Wildman–Crippen LogP) is 5.37. The maximum Gasteiger partial charge on any atom is 0.138 e. The van der Waals surface area contributed by atoms with Crippen LogP contribution in [0.3, 0.4) is 0 Å². The molecule has 25 heavy (non-hydrogen) atoms. The summed E-state index contributed by atoms with van der Waals surface area (Å²) in [4.78, 5) is 9.05. The van der Waals surface area contributed by atoms with Gasteiger partial charge in [-0.2, -0.15) is 11.8 Å². The molecule has 0 aliphatic carbocycles. The van der Waals surface area contributed by atoms with Crippen LogP contribution in [-0.2, 0) is 0 Å². The van der Waals surface area contributed by atoms with E-state index >= 15 is 0 Å². The van der Waals surface area contributed by atoms with E-state index in [-0.39, 0.29) is 0 Å². The van der Waals surface area contributed by atoms with Crippen molar-refractivity contribution in [1.82, 2.24) is 14.3 Å². The van der Waals surface area contributed by atoms with Crippen LogP contribution in [-0.4, -0.2) is 38.9 Å². The van der Waals surface area contributed by atoms with E-state index in [4.69, 9.17) is 0 Å². The number of thioether (sulfide) groups is 1. The number of hydrogen-bond donors (Lipinski definition) is 1. The van der Waals surface area contributed by atoms with Gasteiger partial charge in [-0.05, 0) is 85.7 Å². The molecule has 1 N–H and O–H groups in total. The zero-order valence-electron chi connectivity index (χ0n) is 14.7. The van der Waals surface area contributed by atoms with Gasteiger partial charge in [0.25, 0.3) is 0 Å². The molecule has 0 amide bonds. The SMILES string of the molecule is Cc1cc2c(-c3ccc(SN(C)C4CCSCC4)cc3)ccnc2[nH]1. The fourth-order valence-corrected chi connectivity index (χ4v) is 5.43. The highest BCUT2D eigenvalue weighted by atomic mass is 32.2. The molecule has 2 aromatic heterocycles. The minimum atomic E-state index is 0.702. The van der Waals surface area contributed by atoms with Crippen molar-refractivity contribution in [1.29, 1.82) is 0 Å². The Bertz CT molecular complexity index is 851. The van der Waals surface area contributed by atoms with Gasteiger partial charge in [-0.25, -0.2) is 9.29 Å². The number of pyridine rings is 1. The molecule has 3 aromatic rings. The Morgan fingerprint density at radius 1 is 1.16 bits per heavy atom. The van der Waals surface area contributed by atoms with E-state index < -0.39 is 0 Å². The van der Waals surface area contributed by atoms with Crippen molar-refractivity contribution < 1.29 is 0 Å². The third kappa shape index (κ3) is 3.73. The molecule has 0 spiro atoms. The fourth-order valence-electron chi connectivity index (χ4n) is 3.39. The van der Waals surface area contributed by atoms with Crippen LogP contribution in [0, 0.1) is 6.92 Å². The molecule has 1 aliphatic rings. The largest absolute Gasteiger partial charge is 0.344 e. The van der Waals surface area contributed by atoms with Crippen LogP contribution in [0.15, 0.2) is 47.5 Å². The highest BCUT2D eigenvalue weighted by Crippen LogP contribution is 2.32. The van der Waals surface area contributed by atoms with Gasteiger partial charge in [0, 0.05) is 28.2 Å². The van der Waals surface area contributed by atoms with Crippen LogP contribution in [0.4, 0.5) is 0 Å². The third-order valence-electron chi connectivity index (χ3n) is 4.79. The number of hydrogen-bond acceptors (Lipinski definition) is 4. The number of aryl methyl sites for hydroxylation is 1. The highest BCUT2D eigenvalue weighted by molar-refractivity contribution is 7.99. The first kappa shape index (κ1) is 17.0. The minimum Gasteiger partial charge on any atom is -0.344 e. The van der Waals surface area contributed by atoms with Crippen LogP contribution >= 0.6 is 23.7 Å². The molecule has 1 fully saturated rings. The molecule has 1 aliphatic heterocycles. The Kier molecular flexibility index (Phi) is 5.06. The lowest BCUT2D eigenvalue weighted by Crippen LogP contribution is -2.29. The second-order valence-electron chi connectivity index (χ2n) is 6.58. The Morgan fingerprint density at radius 3 is 2.68 bits per heavy atom. The summed E-state index contributed by atoms with van der Waals surface area (Å²) < 4.78 is 2.44. The number of nitrogens with one attached hydrogen (secondary N) is 1. The standard InChI is InChI=1S/C20H23N3S2/c1-14-13-19-18(7-10-21-20(19)22-14)15-3-5-17(6-4-15)25-23(2)16-8-11-24-12-9-16/h3-7,10,13,16H,8-9,11-12H2,1-2H3,(H,21,22). The molecule has 1 aromatic carbocycles. The molecule has 0 radical (unpaired) electrons. The number of fused-ring (bicyclic) bond motifs is 1. The third-order valence-corrected chi connectivity index (χ3v) is 6.90. The second kappa shape index (κ2) is 7.44. The molecular weight excluding hydrogens is 346 g/mol. The van der Waals surface area contributed by atoms with E-state index in [1.165, 1.54) is 45.8 Å². The van der Waals surface area contributed by atoms with Crippen LogP contribution in [0.5, 0.6) is 0 Å². The molecule has 1 saturated heterocycles. The van der Waals surface area contributed by atoms with Gasteiger partial charge in [-0.3, -0.25) is 0 Å². The summed E-state index contributed by atoms with van der Waals surface area (Å²) in [6, 6.07) is 13.9. The summed E-state index contributed by atoms with van der Waals surface area (Å²) in [6.07, 6.45) is 4.48. The van der Waals surface area contributed by atoms with E-state index in [2.05, 4.69) is 76.4 Å². The summed E-state index contributed by atoms with van der Waals surface area (Å²) >= 11 is 3.95. The van der Waals surface area contributed by atoms with Gasteiger partial charge < -0.3 is 4.98 Å². The van der Waals surface area contributed by atoms with E-state index in [0.717, 1.165) is 11.3 Å². The van der Waals surface area contributed by atoms with E-state index in [1.807, 2.05) is 18.1 Å². The number of benzene rings is 1. The van der Waals surface area contributed by atoms with Crippen molar-refractivity contribution in [3.05, 3.63) is 48.3 Å². The maximum atomic E-state index is 4.43. The second-order valence-corrected chi connectivity index (χ2v) is 9.03. The normalized spacial score (nSPS) is 16.0. The Labute approximate surface area is 157 Å². The number of aromatic nitrogens is 2. The average Bonchev–Trinajstić information content (AvgIpc) is 3.03. The van der Waals surface area contributed by atoms with Crippen molar-refractivity contribution in [2.45, 2.75) is 30.7 Å². The van der Waals surface area contributed by atoms with E-state index in [9.17, 15) is 0 Å². The molecule has 4 rings (SSSR count). The zero-order chi connectivity index (χ0) is 17.2. The summed E-state index contributed by atoms with van der Waals surface area (Å²) in [6.45, 7) is 2.07. The van der Waals surface area contributed by atoms with Crippen molar-refractivity contribution >= 4 is 34.7 Å². The summed E-state index contributed by atoms with van der Waals surface area (Å²) in [5.41, 5.74) is 4.59. The monoisotopic (exact) mass is 369 g/mol. The average molecular weight is 370 g/mol. The Hall–Kier alpha value is -1.43. The van der Waals surface area contributed by atoms with Crippen molar-refractivity contribution in [2.24, 2.45) is 0 Å². The first-order valence-electron chi connectivity index (χ1n) is 8.74. The van der Waals surface area contributed by atoms with Crippen molar-refractivity contribution in [2.75, 3.05) is 18.6 Å². The number of aromatic amines is 1. The number of rotatable bonds is 4. The number of nitrogens with zero attached hydrogens (tertiary/aromatic N) is 2. The summed E-state index contributed by atoms with van der Waals surface area (Å²) in [5, 5.41) is 1.19. The van der Waals surface area contributed by atoms with Gasteiger partial charge in [0.15, 0.2) is 0 Å². The van der Waals surface area contributed by atoms with Gasteiger partial charge in [-0.15, -0.1) is 0 Å². The zero-order valence-corrected chi connectivity index (χ0v) is 16.3. The van der Waals surface area contributed by atoms with E-state index in [0.29, 0.717) is 6.04 Å². The Morgan fingerprint density at radius 2 is 1.92 bits per heavy atom. The molecule has 130 valence electrons. The van der Waals surface area contributed by atoms with Crippen LogP contribution in [0.2, 0.25) is 0 Å². The topological polar surface area (TPSA) is 31.9 Å². The first-order chi connectivity index (χ1) is 12.2. The van der Waals surface area contributed by atoms with Gasteiger partial charge in [0.1, 0.15) is 5.65 Å². The Balaban J connectivity index is 1.53. The van der Waals surface area contributed by atoms with Gasteiger partial charge in [0.2, 0.25) is 0 Å². The quantitative estimate of drug-likeness (QED) is 0.626. The molecule has 3 nitrogen and oxygen atoms in total. The van der Waals surface area contributed by atoms with Crippen LogP contribution in [0.1, 0.15) is 18.5 Å². The molecule has 5 heteroatoms. The molecule has 0 unspecified atom stereocenters. The van der Waals surface area contributed by atoms with Gasteiger partial charge >= 0.3 is 0 Å². The van der Waals surface area contributed by atoms with Crippen molar-refractivity contribution in [3.63, 3.8) is 0 Å². The van der Waals surface area contributed by atoms with Gasteiger partial charge in [-0.1, -0.05) is 12.1 Å². The lowest BCUT2D eigenvalue weighted by Gasteiger charge is -2.29. The first-order valence-corrected chi connectivity index (χ1v) is 10.7. The molecule has 0 atom stereocenters. The molecule has 0 saturated carbocycles. The molecular formula is C20H23N3S2.